The Morgan fingerprint density at radius 2 is 2.12 bits per heavy atom. The monoisotopic (exact) mass is 375 g/mol. The van der Waals surface area contributed by atoms with Gasteiger partial charge in [-0.1, -0.05) is 42.8 Å². The second-order valence-corrected chi connectivity index (χ2v) is 7.50. The van der Waals surface area contributed by atoms with Gasteiger partial charge in [-0.3, -0.25) is 4.79 Å². The molecule has 1 fully saturated rings. The van der Waals surface area contributed by atoms with Gasteiger partial charge in [0.05, 0.1) is 18.3 Å². The van der Waals surface area contributed by atoms with Crippen molar-refractivity contribution in [1.82, 2.24) is 25.1 Å². The van der Waals surface area contributed by atoms with Crippen LogP contribution in [-0.2, 0) is 4.79 Å². The lowest BCUT2D eigenvalue weighted by atomic mass is 10.2. The molecule has 0 N–H and O–H groups in total. The van der Waals surface area contributed by atoms with Crippen LogP contribution in [0.1, 0.15) is 37.3 Å². The van der Waals surface area contributed by atoms with Gasteiger partial charge in [0.25, 0.3) is 0 Å². The number of benzene rings is 1. The number of aryl methyl sites for hydroxylation is 1. The maximum Gasteiger partial charge on any atom is 0.232 e. The van der Waals surface area contributed by atoms with Gasteiger partial charge in [0.15, 0.2) is 0 Å². The van der Waals surface area contributed by atoms with Crippen LogP contribution in [0, 0.1) is 6.92 Å². The van der Waals surface area contributed by atoms with E-state index in [1.165, 1.54) is 24.6 Å². The summed E-state index contributed by atoms with van der Waals surface area (Å²) in [6.45, 7) is 3.02. The van der Waals surface area contributed by atoms with Gasteiger partial charge >= 0.3 is 0 Å². The highest BCUT2D eigenvalue weighted by atomic mass is 32.2. The number of aromatic nitrogens is 4. The lowest BCUT2D eigenvalue weighted by Crippen LogP contribution is -2.32. The number of tetrazole rings is 1. The minimum absolute atomic E-state index is 0.0457. The summed E-state index contributed by atoms with van der Waals surface area (Å²) in [6, 6.07) is 8.25. The van der Waals surface area contributed by atoms with E-state index in [0.717, 1.165) is 29.3 Å². The number of rotatable bonds is 8. The zero-order valence-electron chi connectivity index (χ0n) is 15.3. The number of hydrogen-bond donors (Lipinski definition) is 0. The molecule has 26 heavy (non-hydrogen) atoms. The van der Waals surface area contributed by atoms with Gasteiger partial charge in [0, 0.05) is 7.05 Å². The molecule has 3 rings (SSSR count). The third-order valence-corrected chi connectivity index (χ3v) is 5.58. The van der Waals surface area contributed by atoms with E-state index in [4.69, 9.17) is 4.74 Å². The highest BCUT2D eigenvalue weighted by molar-refractivity contribution is 7.99. The van der Waals surface area contributed by atoms with Crippen molar-refractivity contribution >= 4 is 17.7 Å². The Hall–Kier alpha value is -2.09. The quantitative estimate of drug-likeness (QED) is 0.661. The van der Waals surface area contributed by atoms with Gasteiger partial charge in [-0.2, -0.15) is 0 Å². The molecule has 0 spiro atoms. The molecule has 7 nitrogen and oxygen atoms in total. The summed E-state index contributed by atoms with van der Waals surface area (Å²) in [7, 11) is 1.80. The molecule has 1 aliphatic carbocycles. The molecule has 0 bridgehead atoms. The molecule has 0 atom stereocenters. The fraction of sp³-hybridized carbons (Fsp3) is 0.556. The fourth-order valence-corrected chi connectivity index (χ4v) is 3.92. The van der Waals surface area contributed by atoms with Crippen molar-refractivity contribution in [1.29, 1.82) is 0 Å². The molecular weight excluding hydrogens is 350 g/mol. The van der Waals surface area contributed by atoms with Gasteiger partial charge in [0.2, 0.25) is 11.1 Å². The van der Waals surface area contributed by atoms with Crippen LogP contribution in [0.5, 0.6) is 5.75 Å². The second-order valence-electron chi connectivity index (χ2n) is 6.56. The standard InChI is InChI=1S/C18H25N5O2S/c1-14-7-3-6-10-16(14)25-12-11-22(2)17(24)13-26-18-19-20-21-23(18)15-8-4-5-9-15/h3,6-7,10,15H,4-5,8-9,11-13H2,1-2H3. The van der Waals surface area contributed by atoms with E-state index in [1.807, 2.05) is 35.9 Å². The molecule has 0 unspecified atom stereocenters. The number of likely N-dealkylation sites (N-methyl/N-ethyl adjacent to an activating group) is 1. The first-order valence-corrected chi connectivity index (χ1v) is 9.97. The second kappa shape index (κ2) is 9.02. The first kappa shape index (κ1) is 18.7. The van der Waals surface area contributed by atoms with Crippen molar-refractivity contribution in [2.75, 3.05) is 26.0 Å². The molecule has 1 amide bonds. The van der Waals surface area contributed by atoms with E-state index >= 15 is 0 Å². The first-order valence-electron chi connectivity index (χ1n) is 8.98. The van der Waals surface area contributed by atoms with Crippen molar-refractivity contribution in [3.8, 4) is 5.75 Å². The summed E-state index contributed by atoms with van der Waals surface area (Å²) in [4.78, 5) is 14.0. The maximum absolute atomic E-state index is 12.4. The SMILES string of the molecule is Cc1ccccc1OCCN(C)C(=O)CSc1nnnn1C1CCCC1. The summed E-state index contributed by atoms with van der Waals surface area (Å²) < 4.78 is 7.64. The normalized spacial score (nSPS) is 14.5. The topological polar surface area (TPSA) is 73.1 Å². The van der Waals surface area contributed by atoms with Crippen molar-refractivity contribution in [2.45, 2.75) is 43.8 Å². The molecule has 140 valence electrons. The summed E-state index contributed by atoms with van der Waals surface area (Å²) in [5.41, 5.74) is 1.09. The molecule has 1 heterocycles. The minimum atomic E-state index is 0.0457. The Bertz CT molecular complexity index is 730. The van der Waals surface area contributed by atoms with Crippen LogP contribution >= 0.6 is 11.8 Å². The smallest absolute Gasteiger partial charge is 0.232 e. The van der Waals surface area contributed by atoms with Gasteiger partial charge in [-0.05, 0) is 41.8 Å². The molecule has 0 radical (unpaired) electrons. The zero-order chi connectivity index (χ0) is 18.4. The van der Waals surface area contributed by atoms with Crippen molar-refractivity contribution in [3.63, 3.8) is 0 Å². The maximum atomic E-state index is 12.4. The highest BCUT2D eigenvalue weighted by Crippen LogP contribution is 2.31. The number of carbonyl (C=O) groups excluding carboxylic acids is 1. The first-order chi connectivity index (χ1) is 12.6. The van der Waals surface area contributed by atoms with Crippen LogP contribution in [0.4, 0.5) is 0 Å². The van der Waals surface area contributed by atoms with Crippen molar-refractivity contribution in [2.24, 2.45) is 0 Å². The fourth-order valence-electron chi connectivity index (χ4n) is 3.03. The van der Waals surface area contributed by atoms with E-state index in [1.54, 1.807) is 11.9 Å². The summed E-state index contributed by atoms with van der Waals surface area (Å²) >= 11 is 1.40. The van der Waals surface area contributed by atoms with Crippen LogP contribution in [0.15, 0.2) is 29.4 Å². The largest absolute Gasteiger partial charge is 0.491 e. The van der Waals surface area contributed by atoms with E-state index in [2.05, 4.69) is 15.5 Å². The molecule has 2 aromatic rings. The third kappa shape index (κ3) is 4.75. The number of carbonyl (C=O) groups is 1. The van der Waals surface area contributed by atoms with Crippen LogP contribution in [0.2, 0.25) is 0 Å². The Morgan fingerprint density at radius 1 is 1.35 bits per heavy atom. The highest BCUT2D eigenvalue weighted by Gasteiger charge is 2.22. The summed E-state index contributed by atoms with van der Waals surface area (Å²) in [5.74, 6) is 1.23. The average molecular weight is 375 g/mol. The van der Waals surface area contributed by atoms with E-state index in [-0.39, 0.29) is 5.91 Å². The Morgan fingerprint density at radius 3 is 2.88 bits per heavy atom. The summed E-state index contributed by atoms with van der Waals surface area (Å²) in [5, 5.41) is 12.7. The van der Waals surface area contributed by atoms with Crippen LogP contribution in [0.25, 0.3) is 0 Å². The number of amides is 1. The van der Waals surface area contributed by atoms with E-state index < -0.39 is 0 Å². The van der Waals surface area contributed by atoms with Crippen molar-refractivity contribution in [3.05, 3.63) is 29.8 Å². The molecule has 1 aromatic carbocycles. The molecule has 1 aliphatic rings. The molecule has 1 saturated carbocycles. The third-order valence-electron chi connectivity index (χ3n) is 4.66. The van der Waals surface area contributed by atoms with E-state index in [0.29, 0.717) is 24.9 Å². The minimum Gasteiger partial charge on any atom is -0.491 e. The van der Waals surface area contributed by atoms with Gasteiger partial charge in [-0.25, -0.2) is 4.68 Å². The Balaban J connectivity index is 1.43. The van der Waals surface area contributed by atoms with Crippen molar-refractivity contribution < 1.29 is 9.53 Å². The molecular formula is C18H25N5O2S. The Labute approximate surface area is 158 Å². The Kier molecular flexibility index (Phi) is 6.49. The molecule has 0 aliphatic heterocycles. The predicted molar refractivity (Wildman–Crippen MR) is 100 cm³/mol. The van der Waals surface area contributed by atoms with Gasteiger partial charge < -0.3 is 9.64 Å². The summed E-state index contributed by atoms with van der Waals surface area (Å²) in [6.07, 6.45) is 4.67. The van der Waals surface area contributed by atoms with Crippen LogP contribution < -0.4 is 4.74 Å². The molecule has 0 saturated heterocycles. The number of para-hydroxylation sites is 1. The average Bonchev–Trinajstić information content (AvgIpc) is 3.32. The predicted octanol–water partition coefficient (Wildman–Crippen LogP) is 2.73. The van der Waals surface area contributed by atoms with Gasteiger partial charge in [-0.15, -0.1) is 5.10 Å². The lowest BCUT2D eigenvalue weighted by Gasteiger charge is -2.18. The number of hydrogen-bond acceptors (Lipinski definition) is 6. The number of ether oxygens (including phenoxy) is 1. The molecule has 1 aromatic heterocycles. The number of nitrogens with zero attached hydrogens (tertiary/aromatic N) is 5. The van der Waals surface area contributed by atoms with Crippen LogP contribution in [-0.4, -0.2) is 57.0 Å². The molecule has 8 heteroatoms. The lowest BCUT2D eigenvalue weighted by molar-refractivity contribution is -0.127. The van der Waals surface area contributed by atoms with Crippen LogP contribution in [0.3, 0.4) is 0 Å². The van der Waals surface area contributed by atoms with E-state index in [9.17, 15) is 4.79 Å². The van der Waals surface area contributed by atoms with Gasteiger partial charge in [0.1, 0.15) is 12.4 Å². The number of thioether (sulfide) groups is 1. The zero-order valence-corrected chi connectivity index (χ0v) is 16.1.